The van der Waals surface area contributed by atoms with Crippen LogP contribution in [-0.4, -0.2) is 32.0 Å². The van der Waals surface area contributed by atoms with Crippen molar-refractivity contribution in [2.75, 3.05) is 12.4 Å². The van der Waals surface area contributed by atoms with Crippen molar-refractivity contribution in [2.45, 2.75) is 6.42 Å². The third-order valence-electron chi connectivity index (χ3n) is 3.69. The number of fused-ring (bicyclic) bond motifs is 1. The van der Waals surface area contributed by atoms with Crippen LogP contribution in [0.15, 0.2) is 48.5 Å². The van der Waals surface area contributed by atoms with E-state index in [0.717, 1.165) is 27.2 Å². The smallest absolute Gasteiger partial charge is 0.236 e. The van der Waals surface area contributed by atoms with Crippen LogP contribution in [0.4, 0.5) is 10.8 Å². The molecule has 0 aliphatic carbocycles. The minimum atomic E-state index is 0.112. The predicted octanol–water partition coefficient (Wildman–Crippen LogP) is 3.23. The van der Waals surface area contributed by atoms with E-state index in [4.69, 9.17) is 4.74 Å². The van der Waals surface area contributed by atoms with Gasteiger partial charge in [0.1, 0.15) is 0 Å². The number of aromatic hydroxyl groups is 1. The molecule has 4 aromatic rings. The van der Waals surface area contributed by atoms with Gasteiger partial charge in [0, 0.05) is 12.1 Å². The molecule has 0 aliphatic heterocycles. The van der Waals surface area contributed by atoms with Gasteiger partial charge in [0.2, 0.25) is 10.1 Å². The van der Waals surface area contributed by atoms with Gasteiger partial charge >= 0.3 is 0 Å². The maximum Gasteiger partial charge on any atom is 0.236 e. The normalized spacial score (nSPS) is 10.9. The molecule has 25 heavy (non-hydrogen) atoms. The maximum absolute atomic E-state index is 9.70. The van der Waals surface area contributed by atoms with Gasteiger partial charge in [-0.2, -0.15) is 4.52 Å². The Morgan fingerprint density at radius 3 is 2.80 bits per heavy atom. The minimum absolute atomic E-state index is 0.112. The summed E-state index contributed by atoms with van der Waals surface area (Å²) >= 11 is 1.44. The molecule has 0 saturated carbocycles. The van der Waals surface area contributed by atoms with Gasteiger partial charge < -0.3 is 15.2 Å². The van der Waals surface area contributed by atoms with Gasteiger partial charge in [-0.1, -0.05) is 35.6 Å². The number of ether oxygens (including phenoxy) is 1. The lowest BCUT2D eigenvalue weighted by Crippen LogP contribution is -1.99. The summed E-state index contributed by atoms with van der Waals surface area (Å²) in [6, 6.07) is 15.1. The molecule has 0 unspecified atom stereocenters. The Bertz CT molecular complexity index is 1010. The van der Waals surface area contributed by atoms with Crippen LogP contribution in [0, 0.1) is 0 Å². The summed E-state index contributed by atoms with van der Waals surface area (Å²) in [7, 11) is 1.52. The van der Waals surface area contributed by atoms with E-state index < -0.39 is 0 Å². The standard InChI is InChI=1S/C17H15N5O2S/c1-24-14-9-11(7-8-13(14)23)10-15-19-20-17-22(15)21-16(25-17)18-12-5-3-2-4-6-12/h2-9,23H,10H2,1H3,(H,18,21). The summed E-state index contributed by atoms with van der Waals surface area (Å²) in [6.45, 7) is 0. The topological polar surface area (TPSA) is 84.6 Å². The number of phenols is 1. The van der Waals surface area contributed by atoms with Crippen molar-refractivity contribution < 1.29 is 9.84 Å². The molecule has 0 saturated heterocycles. The minimum Gasteiger partial charge on any atom is -0.504 e. The molecule has 7 nitrogen and oxygen atoms in total. The van der Waals surface area contributed by atoms with Crippen LogP contribution in [0.1, 0.15) is 11.4 Å². The molecule has 0 bridgehead atoms. The van der Waals surface area contributed by atoms with Crippen molar-refractivity contribution in [1.29, 1.82) is 0 Å². The molecule has 0 aliphatic rings. The fourth-order valence-electron chi connectivity index (χ4n) is 2.48. The van der Waals surface area contributed by atoms with E-state index in [1.54, 1.807) is 16.6 Å². The van der Waals surface area contributed by atoms with Crippen molar-refractivity contribution >= 4 is 27.1 Å². The predicted molar refractivity (Wildman–Crippen MR) is 95.8 cm³/mol. The first-order chi connectivity index (χ1) is 12.2. The van der Waals surface area contributed by atoms with Crippen LogP contribution < -0.4 is 10.1 Å². The summed E-state index contributed by atoms with van der Waals surface area (Å²) in [4.78, 5) is 0.721. The van der Waals surface area contributed by atoms with Crippen LogP contribution in [0.3, 0.4) is 0 Å². The van der Waals surface area contributed by atoms with Crippen LogP contribution in [0.25, 0.3) is 4.96 Å². The first kappa shape index (κ1) is 15.4. The number of methoxy groups -OCH3 is 1. The lowest BCUT2D eigenvalue weighted by molar-refractivity contribution is 0.373. The quantitative estimate of drug-likeness (QED) is 0.573. The zero-order chi connectivity index (χ0) is 17.2. The number of para-hydroxylation sites is 1. The highest BCUT2D eigenvalue weighted by Gasteiger charge is 2.13. The third kappa shape index (κ3) is 3.11. The SMILES string of the molecule is COc1cc(Cc2nnc3sc(Nc4ccccc4)nn23)ccc1O. The number of phenolic OH excluding ortho intramolecular Hbond substituents is 1. The molecule has 2 aromatic heterocycles. The molecular weight excluding hydrogens is 338 g/mol. The molecule has 2 N–H and O–H groups in total. The number of anilines is 2. The molecule has 0 fully saturated rings. The molecule has 0 spiro atoms. The Labute approximate surface area is 147 Å². The van der Waals surface area contributed by atoms with E-state index in [1.165, 1.54) is 18.4 Å². The van der Waals surface area contributed by atoms with Crippen molar-refractivity contribution in [3.63, 3.8) is 0 Å². The Balaban J connectivity index is 1.60. The second kappa shape index (κ2) is 6.40. The van der Waals surface area contributed by atoms with Crippen LogP contribution >= 0.6 is 11.3 Å². The van der Waals surface area contributed by atoms with Gasteiger partial charge in [-0.05, 0) is 29.8 Å². The van der Waals surface area contributed by atoms with E-state index in [9.17, 15) is 5.11 Å². The van der Waals surface area contributed by atoms with Gasteiger partial charge in [0.05, 0.1) is 7.11 Å². The number of nitrogens with zero attached hydrogens (tertiary/aromatic N) is 4. The highest BCUT2D eigenvalue weighted by Crippen LogP contribution is 2.28. The molecule has 126 valence electrons. The summed E-state index contributed by atoms with van der Waals surface area (Å²) in [5, 5.41) is 26.6. The Kier molecular flexibility index (Phi) is 3.95. The molecular formula is C17H15N5O2S. The lowest BCUT2D eigenvalue weighted by Gasteiger charge is -2.05. The highest BCUT2D eigenvalue weighted by molar-refractivity contribution is 7.20. The van der Waals surface area contributed by atoms with Gasteiger partial charge in [-0.15, -0.1) is 15.3 Å². The zero-order valence-corrected chi connectivity index (χ0v) is 14.2. The average Bonchev–Trinajstić information content (AvgIpc) is 3.19. The van der Waals surface area contributed by atoms with Crippen LogP contribution in [0.5, 0.6) is 11.5 Å². The van der Waals surface area contributed by atoms with Crippen molar-refractivity contribution in [3.8, 4) is 11.5 Å². The zero-order valence-electron chi connectivity index (χ0n) is 13.4. The number of hydrogen-bond acceptors (Lipinski definition) is 7. The maximum atomic E-state index is 9.70. The summed E-state index contributed by atoms with van der Waals surface area (Å²) < 4.78 is 6.88. The molecule has 0 amide bonds. The lowest BCUT2D eigenvalue weighted by atomic mass is 10.1. The van der Waals surface area contributed by atoms with Crippen LogP contribution in [-0.2, 0) is 6.42 Å². The fraction of sp³-hybridized carbons (Fsp3) is 0.118. The van der Waals surface area contributed by atoms with Gasteiger partial charge in [-0.3, -0.25) is 0 Å². The van der Waals surface area contributed by atoms with Crippen molar-refractivity contribution in [1.82, 2.24) is 19.8 Å². The van der Waals surface area contributed by atoms with Gasteiger partial charge in [0.15, 0.2) is 17.3 Å². The number of nitrogens with one attached hydrogen (secondary N) is 1. The largest absolute Gasteiger partial charge is 0.504 e. The monoisotopic (exact) mass is 353 g/mol. The summed E-state index contributed by atoms with van der Waals surface area (Å²) in [5.74, 6) is 1.27. The Morgan fingerprint density at radius 2 is 2.00 bits per heavy atom. The second-order valence-corrected chi connectivity index (χ2v) is 6.35. The fourth-order valence-corrected chi connectivity index (χ4v) is 3.26. The second-order valence-electron chi connectivity index (χ2n) is 5.39. The Hall–Kier alpha value is -3.13. The summed E-state index contributed by atoms with van der Waals surface area (Å²) in [5.41, 5.74) is 1.92. The van der Waals surface area contributed by atoms with E-state index in [2.05, 4.69) is 20.6 Å². The molecule has 0 radical (unpaired) electrons. The van der Waals surface area contributed by atoms with Crippen molar-refractivity contribution in [3.05, 3.63) is 59.9 Å². The van der Waals surface area contributed by atoms with Crippen LogP contribution in [0.2, 0.25) is 0 Å². The Morgan fingerprint density at radius 1 is 1.16 bits per heavy atom. The third-order valence-corrected chi connectivity index (χ3v) is 4.50. The number of hydrogen-bond donors (Lipinski definition) is 2. The summed E-state index contributed by atoms with van der Waals surface area (Å²) in [6.07, 6.45) is 0.534. The number of aromatic nitrogens is 4. The highest BCUT2D eigenvalue weighted by atomic mass is 32.1. The molecule has 8 heteroatoms. The molecule has 4 rings (SSSR count). The van der Waals surface area contributed by atoms with Crippen molar-refractivity contribution in [2.24, 2.45) is 0 Å². The van der Waals surface area contributed by atoms with Gasteiger partial charge in [-0.25, -0.2) is 0 Å². The average molecular weight is 353 g/mol. The van der Waals surface area contributed by atoms with E-state index >= 15 is 0 Å². The molecule has 2 heterocycles. The number of benzene rings is 2. The number of rotatable bonds is 5. The van der Waals surface area contributed by atoms with E-state index in [1.807, 2.05) is 36.4 Å². The van der Waals surface area contributed by atoms with Gasteiger partial charge in [0.25, 0.3) is 0 Å². The first-order valence-electron chi connectivity index (χ1n) is 7.62. The van der Waals surface area contributed by atoms with E-state index in [0.29, 0.717) is 12.2 Å². The first-order valence-corrected chi connectivity index (χ1v) is 8.43. The molecule has 0 atom stereocenters. The van der Waals surface area contributed by atoms with E-state index in [-0.39, 0.29) is 5.75 Å². The molecule has 2 aromatic carbocycles.